The standard InChI is InChI=1S/C26H32FN3O4/c1-16-13-30(17(2)15-31)26(33)21-11-19(20-9-4-5-10-22(20)27)12-28-24(21)34-23(16)14-29(3)25(32)18-7-6-8-18/h4-5,9-12,16-18,23,31H,6-8,13-15H2,1-3H3/t16-,17+,23-/m1/s1. The molecule has 2 aromatic rings. The summed E-state index contributed by atoms with van der Waals surface area (Å²) in [5.41, 5.74) is 1.02. The maximum absolute atomic E-state index is 14.4. The van der Waals surface area contributed by atoms with Gasteiger partial charge in [0.2, 0.25) is 11.8 Å². The average Bonchev–Trinajstić information content (AvgIpc) is 2.79. The number of likely N-dealkylation sites (N-methyl/N-ethyl adjacent to an activating group) is 1. The molecule has 2 amide bonds. The van der Waals surface area contributed by atoms with E-state index in [9.17, 15) is 19.1 Å². The molecule has 1 aromatic heterocycles. The van der Waals surface area contributed by atoms with E-state index in [-0.39, 0.29) is 41.7 Å². The molecular weight excluding hydrogens is 437 g/mol. The van der Waals surface area contributed by atoms with E-state index in [4.69, 9.17) is 4.74 Å². The van der Waals surface area contributed by atoms with E-state index in [0.29, 0.717) is 24.2 Å². The minimum absolute atomic E-state index is 0.0788. The zero-order valence-corrected chi connectivity index (χ0v) is 19.9. The second-order valence-corrected chi connectivity index (χ2v) is 9.53. The lowest BCUT2D eigenvalue weighted by molar-refractivity contribution is -0.138. The van der Waals surface area contributed by atoms with Gasteiger partial charge < -0.3 is 19.6 Å². The highest BCUT2D eigenvalue weighted by Gasteiger charge is 2.36. The van der Waals surface area contributed by atoms with Crippen LogP contribution >= 0.6 is 0 Å². The van der Waals surface area contributed by atoms with Gasteiger partial charge in [0.25, 0.3) is 5.91 Å². The number of rotatable bonds is 6. The molecule has 0 bridgehead atoms. The lowest BCUT2D eigenvalue weighted by Gasteiger charge is -2.38. The van der Waals surface area contributed by atoms with Crippen molar-refractivity contribution in [2.75, 3.05) is 26.7 Å². The van der Waals surface area contributed by atoms with Crippen molar-refractivity contribution >= 4 is 11.8 Å². The van der Waals surface area contributed by atoms with Crippen LogP contribution in [0.5, 0.6) is 5.88 Å². The second-order valence-electron chi connectivity index (χ2n) is 9.53. The molecular formula is C26H32FN3O4. The third kappa shape index (κ3) is 4.78. The first-order chi connectivity index (χ1) is 16.3. The molecule has 0 spiro atoms. The SMILES string of the molecule is C[C@@H]1CN([C@@H](C)CO)C(=O)c2cc(-c3ccccc3F)cnc2O[C@@H]1CN(C)C(=O)C1CCC1. The van der Waals surface area contributed by atoms with Crippen LogP contribution in [-0.2, 0) is 4.79 Å². The number of aromatic nitrogens is 1. The third-order valence-electron chi connectivity index (χ3n) is 6.99. The number of halogens is 1. The lowest BCUT2D eigenvalue weighted by atomic mass is 9.84. The molecule has 1 aromatic carbocycles. The molecule has 4 rings (SSSR count). The largest absolute Gasteiger partial charge is 0.472 e. The molecule has 3 atom stereocenters. The van der Waals surface area contributed by atoms with Crippen LogP contribution in [0.2, 0.25) is 0 Å². The highest BCUT2D eigenvalue weighted by atomic mass is 19.1. The summed E-state index contributed by atoms with van der Waals surface area (Å²) in [6.45, 7) is 4.26. The molecule has 2 heterocycles. The van der Waals surface area contributed by atoms with Gasteiger partial charge in [-0.2, -0.15) is 0 Å². The van der Waals surface area contributed by atoms with E-state index in [0.717, 1.165) is 19.3 Å². The lowest BCUT2D eigenvalue weighted by Crippen LogP contribution is -2.51. The first kappa shape index (κ1) is 24.1. The van der Waals surface area contributed by atoms with Crippen LogP contribution in [-0.4, -0.2) is 70.6 Å². The highest BCUT2D eigenvalue weighted by molar-refractivity contribution is 5.98. The number of amides is 2. The minimum atomic E-state index is -0.423. The number of aliphatic hydroxyl groups is 1. The average molecular weight is 470 g/mol. The first-order valence-electron chi connectivity index (χ1n) is 11.9. The number of hydrogen-bond donors (Lipinski definition) is 1. The quantitative estimate of drug-likeness (QED) is 0.702. The number of pyridine rings is 1. The number of carbonyl (C=O) groups excluding carboxylic acids is 2. The fraction of sp³-hybridized carbons (Fsp3) is 0.500. The van der Waals surface area contributed by atoms with Crippen LogP contribution in [0.3, 0.4) is 0 Å². The van der Waals surface area contributed by atoms with E-state index < -0.39 is 18.0 Å². The number of carbonyl (C=O) groups is 2. The maximum Gasteiger partial charge on any atom is 0.259 e. The molecule has 0 radical (unpaired) electrons. The van der Waals surface area contributed by atoms with Crippen LogP contribution in [0, 0.1) is 17.7 Å². The molecule has 7 nitrogen and oxygen atoms in total. The molecule has 1 aliphatic heterocycles. The number of aliphatic hydroxyl groups excluding tert-OH is 1. The summed E-state index contributed by atoms with van der Waals surface area (Å²) in [6.07, 6.45) is 4.02. The smallest absolute Gasteiger partial charge is 0.259 e. The van der Waals surface area contributed by atoms with Crippen molar-refractivity contribution in [2.24, 2.45) is 11.8 Å². The number of ether oxygens (including phenoxy) is 1. The predicted molar refractivity (Wildman–Crippen MR) is 126 cm³/mol. The van der Waals surface area contributed by atoms with Crippen molar-refractivity contribution < 1.29 is 23.8 Å². The van der Waals surface area contributed by atoms with Gasteiger partial charge >= 0.3 is 0 Å². The van der Waals surface area contributed by atoms with Crippen molar-refractivity contribution in [2.45, 2.75) is 45.3 Å². The van der Waals surface area contributed by atoms with Gasteiger partial charge in [-0.15, -0.1) is 0 Å². The van der Waals surface area contributed by atoms with E-state index in [1.54, 1.807) is 48.0 Å². The normalized spacial score (nSPS) is 21.6. The second kappa shape index (κ2) is 10.1. The number of hydrogen-bond acceptors (Lipinski definition) is 5. The molecule has 1 aliphatic carbocycles. The molecule has 182 valence electrons. The predicted octanol–water partition coefficient (Wildman–Crippen LogP) is 3.37. The highest BCUT2D eigenvalue weighted by Crippen LogP contribution is 2.32. The van der Waals surface area contributed by atoms with Crippen LogP contribution < -0.4 is 4.74 Å². The van der Waals surface area contributed by atoms with Gasteiger partial charge in [-0.25, -0.2) is 9.37 Å². The van der Waals surface area contributed by atoms with Gasteiger partial charge in [0.15, 0.2) is 0 Å². The summed E-state index contributed by atoms with van der Waals surface area (Å²) in [5, 5.41) is 9.81. The molecule has 1 fully saturated rings. The van der Waals surface area contributed by atoms with E-state index >= 15 is 0 Å². The van der Waals surface area contributed by atoms with Gasteiger partial charge in [-0.1, -0.05) is 31.5 Å². The Morgan fingerprint density at radius 2 is 2.06 bits per heavy atom. The number of nitrogens with zero attached hydrogens (tertiary/aromatic N) is 3. The number of fused-ring (bicyclic) bond motifs is 1. The minimum Gasteiger partial charge on any atom is -0.472 e. The van der Waals surface area contributed by atoms with Crippen molar-refractivity contribution in [3.63, 3.8) is 0 Å². The Morgan fingerprint density at radius 1 is 1.32 bits per heavy atom. The maximum atomic E-state index is 14.4. The van der Waals surface area contributed by atoms with Crippen LogP contribution in [0.25, 0.3) is 11.1 Å². The third-order valence-corrected chi connectivity index (χ3v) is 6.99. The van der Waals surface area contributed by atoms with E-state index in [2.05, 4.69) is 4.98 Å². The fourth-order valence-electron chi connectivity index (χ4n) is 4.49. The zero-order chi connectivity index (χ0) is 24.4. The van der Waals surface area contributed by atoms with Gasteiger partial charge in [0.05, 0.1) is 19.2 Å². The monoisotopic (exact) mass is 469 g/mol. The van der Waals surface area contributed by atoms with E-state index in [1.165, 1.54) is 12.3 Å². The molecule has 8 heteroatoms. The molecule has 1 saturated carbocycles. The summed E-state index contributed by atoms with van der Waals surface area (Å²) in [5.74, 6) is -0.505. The van der Waals surface area contributed by atoms with Crippen LogP contribution in [0.15, 0.2) is 36.5 Å². The Morgan fingerprint density at radius 3 is 2.71 bits per heavy atom. The van der Waals surface area contributed by atoms with Crippen molar-refractivity contribution in [1.82, 2.24) is 14.8 Å². The molecule has 34 heavy (non-hydrogen) atoms. The Balaban J connectivity index is 1.69. The van der Waals surface area contributed by atoms with Gasteiger partial charge in [0, 0.05) is 42.8 Å². The Hall–Kier alpha value is -3.00. The number of benzene rings is 1. The topological polar surface area (TPSA) is 83.0 Å². The summed E-state index contributed by atoms with van der Waals surface area (Å²) >= 11 is 0. The summed E-state index contributed by atoms with van der Waals surface area (Å²) in [4.78, 5) is 34.0. The summed E-state index contributed by atoms with van der Waals surface area (Å²) in [7, 11) is 1.78. The first-order valence-corrected chi connectivity index (χ1v) is 11.9. The van der Waals surface area contributed by atoms with Gasteiger partial charge in [-0.3, -0.25) is 9.59 Å². The molecule has 0 unspecified atom stereocenters. The van der Waals surface area contributed by atoms with Crippen LogP contribution in [0.4, 0.5) is 4.39 Å². The van der Waals surface area contributed by atoms with Crippen molar-refractivity contribution in [1.29, 1.82) is 0 Å². The molecule has 1 N–H and O–H groups in total. The Kier molecular flexibility index (Phi) is 7.16. The Labute approximate surface area is 199 Å². The van der Waals surface area contributed by atoms with E-state index in [1.807, 2.05) is 6.92 Å². The fourth-order valence-corrected chi connectivity index (χ4v) is 4.49. The van der Waals surface area contributed by atoms with Gasteiger partial charge in [-0.05, 0) is 31.9 Å². The summed E-state index contributed by atoms with van der Waals surface area (Å²) in [6, 6.07) is 7.49. The Bertz CT molecular complexity index is 1060. The molecule has 2 aliphatic rings. The zero-order valence-electron chi connectivity index (χ0n) is 19.9. The molecule has 0 saturated heterocycles. The van der Waals surface area contributed by atoms with Crippen LogP contribution in [0.1, 0.15) is 43.5 Å². The van der Waals surface area contributed by atoms with Crippen molar-refractivity contribution in [3.8, 4) is 17.0 Å². The summed E-state index contributed by atoms with van der Waals surface area (Å²) < 4.78 is 20.7. The van der Waals surface area contributed by atoms with Gasteiger partial charge in [0.1, 0.15) is 17.5 Å². The van der Waals surface area contributed by atoms with Crippen molar-refractivity contribution in [3.05, 3.63) is 47.9 Å².